The highest BCUT2D eigenvalue weighted by Crippen LogP contribution is 2.31. The number of nitrogens with zero attached hydrogens (tertiary/aromatic N) is 6. The van der Waals surface area contributed by atoms with Crippen LogP contribution in [0.2, 0.25) is 0 Å². The maximum atomic E-state index is 13.1. The fourth-order valence-corrected chi connectivity index (χ4v) is 5.55. The largest absolute Gasteiger partial charge is 0.335 e. The summed E-state index contributed by atoms with van der Waals surface area (Å²) in [6, 6.07) is 17.4. The molecule has 0 atom stereocenters. The van der Waals surface area contributed by atoms with Crippen molar-refractivity contribution in [2.45, 2.75) is 6.04 Å². The zero-order valence-electron chi connectivity index (χ0n) is 19.3. The minimum atomic E-state index is -0.473. The number of thiazole rings is 1. The highest BCUT2D eigenvalue weighted by atomic mass is 32.1. The number of piperazine rings is 1. The lowest BCUT2D eigenvalue weighted by Gasteiger charge is -2.47. The molecule has 2 saturated heterocycles. The van der Waals surface area contributed by atoms with Crippen LogP contribution in [-0.2, 0) is 4.79 Å². The predicted molar refractivity (Wildman–Crippen MR) is 134 cm³/mol. The summed E-state index contributed by atoms with van der Waals surface area (Å²) in [6.07, 6.45) is 2.96. The molecule has 0 radical (unpaired) electrons. The lowest BCUT2D eigenvalue weighted by atomic mass is 10.0. The Labute approximate surface area is 211 Å². The second kappa shape index (κ2) is 9.21. The van der Waals surface area contributed by atoms with E-state index in [1.54, 1.807) is 22.3 Å². The van der Waals surface area contributed by atoms with Crippen LogP contribution in [0.5, 0.6) is 0 Å². The minimum Gasteiger partial charge on any atom is -0.335 e. The summed E-state index contributed by atoms with van der Waals surface area (Å²) in [6.45, 7) is 2.09. The van der Waals surface area contributed by atoms with Crippen LogP contribution in [0.3, 0.4) is 0 Å². The molecule has 4 heterocycles. The van der Waals surface area contributed by atoms with E-state index >= 15 is 0 Å². The summed E-state index contributed by atoms with van der Waals surface area (Å²) in [5.74, 6) is -0.745. The van der Waals surface area contributed by atoms with Gasteiger partial charge in [-0.3, -0.25) is 24.2 Å². The molecule has 0 bridgehead atoms. The molecular weight excluding hydrogens is 476 g/mol. The number of imide groups is 1. The molecule has 10 heteroatoms. The molecule has 3 amide bonds. The van der Waals surface area contributed by atoms with Crippen LogP contribution in [0.1, 0.15) is 21.0 Å². The molecule has 2 aromatic heterocycles. The first kappa shape index (κ1) is 22.4. The van der Waals surface area contributed by atoms with E-state index in [1.807, 2.05) is 53.4 Å². The fourth-order valence-electron chi connectivity index (χ4n) is 4.54. The van der Waals surface area contributed by atoms with Crippen molar-refractivity contribution in [3.8, 4) is 10.6 Å². The quantitative estimate of drug-likeness (QED) is 0.399. The molecule has 0 unspecified atom stereocenters. The first-order valence-electron chi connectivity index (χ1n) is 11.7. The molecule has 0 saturated carbocycles. The van der Waals surface area contributed by atoms with Gasteiger partial charge in [0.05, 0.1) is 16.8 Å². The van der Waals surface area contributed by atoms with Gasteiger partial charge in [0.15, 0.2) is 0 Å². The van der Waals surface area contributed by atoms with E-state index in [4.69, 9.17) is 4.98 Å². The van der Waals surface area contributed by atoms with Gasteiger partial charge in [0.2, 0.25) is 11.7 Å². The van der Waals surface area contributed by atoms with Gasteiger partial charge in [0, 0.05) is 55.7 Å². The van der Waals surface area contributed by atoms with E-state index in [1.165, 1.54) is 17.3 Å². The molecule has 180 valence electrons. The summed E-state index contributed by atoms with van der Waals surface area (Å²) in [4.78, 5) is 55.9. The Kier molecular flexibility index (Phi) is 5.74. The van der Waals surface area contributed by atoms with Gasteiger partial charge in [-0.1, -0.05) is 30.3 Å². The third kappa shape index (κ3) is 4.14. The number of carbonyl (C=O) groups excluding carboxylic acids is 3. The lowest BCUT2D eigenvalue weighted by Crippen LogP contribution is -2.65. The van der Waals surface area contributed by atoms with Gasteiger partial charge in [-0.15, -0.1) is 11.3 Å². The molecule has 2 fully saturated rings. The third-order valence-electron chi connectivity index (χ3n) is 6.57. The van der Waals surface area contributed by atoms with E-state index in [0.29, 0.717) is 25.2 Å². The van der Waals surface area contributed by atoms with Gasteiger partial charge in [0.25, 0.3) is 11.8 Å². The fraction of sp³-hybridized carbons (Fsp3) is 0.231. The van der Waals surface area contributed by atoms with Crippen LogP contribution in [0.15, 0.2) is 67.0 Å². The zero-order valence-corrected chi connectivity index (χ0v) is 20.1. The van der Waals surface area contributed by atoms with E-state index in [0.717, 1.165) is 20.8 Å². The molecular formula is C26H22N6O3S. The van der Waals surface area contributed by atoms with Crippen LogP contribution in [0.4, 0.5) is 0 Å². The highest BCUT2D eigenvalue weighted by Gasteiger charge is 2.40. The topological polar surface area (TPSA) is 99.6 Å². The summed E-state index contributed by atoms with van der Waals surface area (Å²) in [5.41, 5.74) is 2.58. The molecule has 2 aromatic carbocycles. The lowest BCUT2D eigenvalue weighted by molar-refractivity contribution is -0.135. The number of hydrogen-bond donors (Lipinski definition) is 0. The first-order valence-corrected chi connectivity index (χ1v) is 12.5. The van der Waals surface area contributed by atoms with Crippen molar-refractivity contribution in [2.75, 3.05) is 32.7 Å². The average Bonchev–Trinajstić information content (AvgIpc) is 3.32. The molecule has 2 aliphatic heterocycles. The summed E-state index contributed by atoms with van der Waals surface area (Å²) < 4.78 is 0.977. The third-order valence-corrected chi connectivity index (χ3v) is 7.64. The Bertz CT molecular complexity index is 1450. The molecule has 2 aliphatic rings. The molecule has 4 aromatic rings. The number of benzene rings is 2. The monoisotopic (exact) mass is 498 g/mol. The van der Waals surface area contributed by atoms with Gasteiger partial charge < -0.3 is 4.90 Å². The predicted octanol–water partition coefficient (Wildman–Crippen LogP) is 2.56. The van der Waals surface area contributed by atoms with Gasteiger partial charge in [-0.2, -0.15) is 0 Å². The van der Waals surface area contributed by atoms with Crippen molar-refractivity contribution in [3.05, 3.63) is 78.4 Å². The van der Waals surface area contributed by atoms with Crippen molar-refractivity contribution in [1.82, 2.24) is 29.7 Å². The van der Waals surface area contributed by atoms with E-state index in [-0.39, 0.29) is 36.8 Å². The maximum absolute atomic E-state index is 13.1. The molecule has 0 spiro atoms. The summed E-state index contributed by atoms with van der Waals surface area (Å²) in [7, 11) is 0. The first-order chi connectivity index (χ1) is 17.6. The van der Waals surface area contributed by atoms with E-state index in [9.17, 15) is 14.4 Å². The second-order valence-electron chi connectivity index (χ2n) is 8.82. The Morgan fingerprint density at radius 2 is 1.69 bits per heavy atom. The van der Waals surface area contributed by atoms with Crippen LogP contribution < -0.4 is 0 Å². The van der Waals surface area contributed by atoms with Gasteiger partial charge in [0.1, 0.15) is 5.01 Å². The van der Waals surface area contributed by atoms with Crippen LogP contribution >= 0.6 is 11.3 Å². The Hall–Kier alpha value is -4.02. The number of aromatic nitrogens is 3. The number of carbonyl (C=O) groups is 3. The second-order valence-corrected chi connectivity index (χ2v) is 9.86. The van der Waals surface area contributed by atoms with Crippen LogP contribution in [0.25, 0.3) is 20.8 Å². The number of rotatable bonds is 4. The van der Waals surface area contributed by atoms with Crippen molar-refractivity contribution in [1.29, 1.82) is 0 Å². The Balaban J connectivity index is 1.07. The van der Waals surface area contributed by atoms with Gasteiger partial charge >= 0.3 is 0 Å². The molecule has 0 aliphatic carbocycles. The van der Waals surface area contributed by atoms with Crippen molar-refractivity contribution < 1.29 is 14.4 Å². The van der Waals surface area contributed by atoms with Gasteiger partial charge in [-0.05, 0) is 24.3 Å². The number of hydrogen-bond acceptors (Lipinski definition) is 8. The molecule has 0 N–H and O–H groups in total. The molecule has 9 nitrogen and oxygen atoms in total. The van der Waals surface area contributed by atoms with Crippen molar-refractivity contribution in [3.63, 3.8) is 0 Å². The maximum Gasteiger partial charge on any atom is 0.298 e. The highest BCUT2D eigenvalue weighted by molar-refractivity contribution is 7.21. The Morgan fingerprint density at radius 3 is 2.44 bits per heavy atom. The SMILES string of the molecule is O=C(c1ccc2nc(-c3ccccc3)sc2c1)N1CC(N2CCN(C(=O)c3ncccn3)C(=O)C2)C1. The minimum absolute atomic E-state index is 0.0218. The molecule has 36 heavy (non-hydrogen) atoms. The van der Waals surface area contributed by atoms with Crippen molar-refractivity contribution >= 4 is 39.3 Å². The van der Waals surface area contributed by atoms with E-state index < -0.39 is 5.91 Å². The average molecular weight is 499 g/mol. The van der Waals surface area contributed by atoms with Gasteiger partial charge in [-0.25, -0.2) is 15.0 Å². The standard InChI is InChI=1S/C26H22N6O3S/c33-22-16-30(11-12-32(22)26(35)23-27-9-4-10-28-23)19-14-31(15-19)25(34)18-7-8-20-21(13-18)36-24(29-20)17-5-2-1-3-6-17/h1-10,13,19H,11-12,14-16H2. The summed E-state index contributed by atoms with van der Waals surface area (Å²) in [5, 5.41) is 0.931. The smallest absolute Gasteiger partial charge is 0.298 e. The van der Waals surface area contributed by atoms with Crippen LogP contribution in [0, 0.1) is 0 Å². The Morgan fingerprint density at radius 1 is 0.917 bits per heavy atom. The number of likely N-dealkylation sites (tertiary alicyclic amines) is 1. The van der Waals surface area contributed by atoms with Crippen LogP contribution in [-0.4, -0.2) is 86.1 Å². The molecule has 6 rings (SSSR count). The summed E-state index contributed by atoms with van der Waals surface area (Å²) >= 11 is 1.57. The number of amides is 3. The van der Waals surface area contributed by atoms with Crippen molar-refractivity contribution in [2.24, 2.45) is 0 Å². The number of fused-ring (bicyclic) bond motifs is 1. The zero-order chi connectivity index (χ0) is 24.6. The van der Waals surface area contributed by atoms with E-state index in [2.05, 4.69) is 9.97 Å². The normalized spacial score (nSPS) is 16.8.